The summed E-state index contributed by atoms with van der Waals surface area (Å²) >= 11 is 0. The number of methoxy groups -OCH3 is 2. The minimum atomic E-state index is -0.639. The summed E-state index contributed by atoms with van der Waals surface area (Å²) < 4.78 is 16.6. The normalized spacial score (nSPS) is 22.3. The Balaban J connectivity index is 0.00000218. The molecule has 1 aromatic carbocycles. The second-order valence-corrected chi connectivity index (χ2v) is 7.31. The maximum atomic E-state index is 13.0. The van der Waals surface area contributed by atoms with E-state index in [-0.39, 0.29) is 13.3 Å². The number of hydrogen-bond acceptors (Lipinski definition) is 5. The first-order valence-corrected chi connectivity index (χ1v) is 9.42. The van der Waals surface area contributed by atoms with Gasteiger partial charge in [0.15, 0.2) is 0 Å². The molecule has 2 heterocycles. The summed E-state index contributed by atoms with van der Waals surface area (Å²) in [6.45, 7) is 0. The molecule has 0 bridgehead atoms. The van der Waals surface area contributed by atoms with E-state index in [1.165, 1.54) is 0 Å². The van der Waals surface area contributed by atoms with E-state index in [9.17, 15) is 4.79 Å². The van der Waals surface area contributed by atoms with Crippen molar-refractivity contribution >= 4 is 22.7 Å². The Kier molecular flexibility index (Phi) is 3.94. The maximum Gasteiger partial charge on any atom is 0.238 e. The number of furan rings is 1. The van der Waals surface area contributed by atoms with Gasteiger partial charge in [0.25, 0.3) is 0 Å². The standard InChI is InChI=1S/C23H20N2O4.H2/c1-27-18-11-16-13-23(16,20(12-18)28-2)22(26)25-17-7-5-14(6-8-17)19-10-15-4-3-9-24-21(15)29-19;/h3-12,16H,13H2,1-2H3,(H,25,26);1H. The maximum absolute atomic E-state index is 13.0. The number of rotatable bonds is 5. The molecule has 1 N–H and O–H groups in total. The van der Waals surface area contributed by atoms with Crippen LogP contribution in [0.4, 0.5) is 5.69 Å². The number of pyridine rings is 1. The van der Waals surface area contributed by atoms with Crippen LogP contribution in [0.15, 0.2) is 76.7 Å². The number of benzene rings is 1. The molecule has 2 atom stereocenters. The highest BCUT2D eigenvalue weighted by Crippen LogP contribution is 2.61. The molecule has 2 aliphatic carbocycles. The zero-order chi connectivity index (χ0) is 20.0. The summed E-state index contributed by atoms with van der Waals surface area (Å²) in [6.07, 6.45) is 6.20. The third-order valence-corrected chi connectivity index (χ3v) is 5.68. The van der Waals surface area contributed by atoms with Crippen molar-refractivity contribution in [2.24, 2.45) is 11.3 Å². The van der Waals surface area contributed by atoms with Crippen LogP contribution in [-0.2, 0) is 14.3 Å². The fraction of sp³-hybridized carbons (Fsp3) is 0.217. The van der Waals surface area contributed by atoms with Crippen LogP contribution in [0, 0.1) is 11.3 Å². The van der Waals surface area contributed by atoms with Crippen LogP contribution < -0.4 is 5.32 Å². The van der Waals surface area contributed by atoms with Gasteiger partial charge in [0.05, 0.1) is 14.2 Å². The van der Waals surface area contributed by atoms with Crippen LogP contribution in [0.1, 0.15) is 7.85 Å². The van der Waals surface area contributed by atoms with Gasteiger partial charge in [-0.25, -0.2) is 4.98 Å². The Morgan fingerprint density at radius 3 is 2.79 bits per heavy atom. The molecule has 29 heavy (non-hydrogen) atoms. The molecule has 2 aliphatic rings. The minimum Gasteiger partial charge on any atom is -0.500 e. The van der Waals surface area contributed by atoms with Crippen LogP contribution in [-0.4, -0.2) is 25.1 Å². The molecular formula is C23H22N2O4. The number of carbonyl (C=O) groups excluding carboxylic acids is 1. The summed E-state index contributed by atoms with van der Waals surface area (Å²) in [6, 6.07) is 13.4. The number of hydrogen-bond donors (Lipinski definition) is 1. The molecule has 3 aromatic rings. The first-order chi connectivity index (χ1) is 14.1. The molecule has 0 aliphatic heterocycles. The number of amides is 1. The Morgan fingerprint density at radius 1 is 1.24 bits per heavy atom. The molecule has 0 spiro atoms. The second-order valence-electron chi connectivity index (χ2n) is 7.31. The number of carbonyl (C=O) groups is 1. The molecule has 1 amide bonds. The van der Waals surface area contributed by atoms with Crippen molar-refractivity contribution in [1.29, 1.82) is 0 Å². The van der Waals surface area contributed by atoms with Crippen LogP contribution in [0.5, 0.6) is 0 Å². The van der Waals surface area contributed by atoms with E-state index in [0.717, 1.165) is 34.6 Å². The lowest BCUT2D eigenvalue weighted by molar-refractivity contribution is -0.121. The number of aromatic nitrogens is 1. The van der Waals surface area contributed by atoms with Gasteiger partial charge in [-0.2, -0.15) is 0 Å². The zero-order valence-corrected chi connectivity index (χ0v) is 16.1. The number of nitrogens with zero attached hydrogens (tertiary/aromatic N) is 1. The SMILES string of the molecule is COC1=CC2CC2(C(=O)Nc2ccc(-c3cc4cccnc4o3)cc2)C(OC)=C1.[HH]. The fourth-order valence-corrected chi connectivity index (χ4v) is 3.99. The first-order valence-electron chi connectivity index (χ1n) is 9.42. The van der Waals surface area contributed by atoms with Crippen molar-refractivity contribution in [3.05, 3.63) is 72.3 Å². The highest BCUT2D eigenvalue weighted by atomic mass is 16.5. The molecule has 5 rings (SSSR count). The Bertz CT molecular complexity index is 1130. The lowest BCUT2D eigenvalue weighted by Gasteiger charge is -2.22. The molecule has 6 nitrogen and oxygen atoms in total. The summed E-state index contributed by atoms with van der Waals surface area (Å²) in [5, 5.41) is 3.98. The van der Waals surface area contributed by atoms with E-state index < -0.39 is 5.41 Å². The summed E-state index contributed by atoms with van der Waals surface area (Å²) in [5.41, 5.74) is 1.62. The molecule has 6 heteroatoms. The molecule has 2 unspecified atom stereocenters. The van der Waals surface area contributed by atoms with Gasteiger partial charge in [0.2, 0.25) is 11.6 Å². The number of fused-ring (bicyclic) bond motifs is 2. The smallest absolute Gasteiger partial charge is 0.238 e. The average Bonchev–Trinajstić information content (AvgIpc) is 3.35. The van der Waals surface area contributed by atoms with Crippen LogP contribution in [0.3, 0.4) is 0 Å². The molecule has 0 radical (unpaired) electrons. The predicted octanol–water partition coefficient (Wildman–Crippen LogP) is 4.76. The molecule has 148 valence electrons. The zero-order valence-electron chi connectivity index (χ0n) is 16.1. The Hall–Kier alpha value is -3.54. The van der Waals surface area contributed by atoms with Gasteiger partial charge in [-0.15, -0.1) is 0 Å². The van der Waals surface area contributed by atoms with Gasteiger partial charge in [-0.3, -0.25) is 4.79 Å². The average molecular weight is 390 g/mol. The van der Waals surface area contributed by atoms with Gasteiger partial charge in [-0.1, -0.05) is 0 Å². The largest absolute Gasteiger partial charge is 0.500 e. The van der Waals surface area contributed by atoms with E-state index >= 15 is 0 Å². The number of ether oxygens (including phenoxy) is 2. The monoisotopic (exact) mass is 390 g/mol. The lowest BCUT2D eigenvalue weighted by Crippen LogP contribution is -2.29. The number of anilines is 1. The fourth-order valence-electron chi connectivity index (χ4n) is 3.99. The van der Waals surface area contributed by atoms with E-state index in [2.05, 4.69) is 10.3 Å². The van der Waals surface area contributed by atoms with Crippen LogP contribution in [0.25, 0.3) is 22.4 Å². The number of allylic oxidation sites excluding steroid dienone is 2. The highest BCUT2D eigenvalue weighted by molar-refractivity contribution is 6.00. The van der Waals surface area contributed by atoms with E-state index in [1.807, 2.05) is 48.5 Å². The minimum absolute atomic E-state index is 0. The molecular weight excluding hydrogens is 368 g/mol. The molecule has 1 fully saturated rings. The Labute approximate surface area is 169 Å². The van der Waals surface area contributed by atoms with E-state index in [0.29, 0.717) is 11.5 Å². The van der Waals surface area contributed by atoms with Crippen LogP contribution >= 0.6 is 0 Å². The lowest BCUT2D eigenvalue weighted by atomic mass is 9.94. The van der Waals surface area contributed by atoms with Gasteiger partial charge in [-0.05, 0) is 55.0 Å². The summed E-state index contributed by atoms with van der Waals surface area (Å²) in [4.78, 5) is 17.3. The van der Waals surface area contributed by atoms with Gasteiger partial charge in [0.1, 0.15) is 22.7 Å². The van der Waals surface area contributed by atoms with Crippen molar-refractivity contribution in [2.75, 3.05) is 19.5 Å². The van der Waals surface area contributed by atoms with E-state index in [4.69, 9.17) is 13.9 Å². The Morgan fingerprint density at radius 2 is 2.07 bits per heavy atom. The van der Waals surface area contributed by atoms with Crippen molar-refractivity contribution < 1.29 is 20.1 Å². The van der Waals surface area contributed by atoms with Crippen LogP contribution in [0.2, 0.25) is 0 Å². The molecule has 0 saturated heterocycles. The van der Waals surface area contributed by atoms with Crippen molar-refractivity contribution in [1.82, 2.24) is 4.98 Å². The van der Waals surface area contributed by atoms with Gasteiger partial charge >= 0.3 is 0 Å². The van der Waals surface area contributed by atoms with Crippen molar-refractivity contribution in [3.8, 4) is 11.3 Å². The quantitative estimate of drug-likeness (QED) is 0.680. The van der Waals surface area contributed by atoms with Gasteiger partial charge in [0, 0.05) is 36.3 Å². The topological polar surface area (TPSA) is 73.6 Å². The third kappa shape index (κ3) is 2.79. The van der Waals surface area contributed by atoms with E-state index in [1.54, 1.807) is 26.5 Å². The number of nitrogens with one attached hydrogen (secondary N) is 1. The van der Waals surface area contributed by atoms with Crippen molar-refractivity contribution in [3.63, 3.8) is 0 Å². The molecule has 1 saturated carbocycles. The second kappa shape index (κ2) is 6.51. The predicted molar refractivity (Wildman–Crippen MR) is 111 cm³/mol. The third-order valence-electron chi connectivity index (χ3n) is 5.68. The van der Waals surface area contributed by atoms with Gasteiger partial charge < -0.3 is 19.2 Å². The summed E-state index contributed by atoms with van der Waals surface area (Å²) in [7, 11) is 3.20. The van der Waals surface area contributed by atoms with Crippen molar-refractivity contribution in [2.45, 2.75) is 6.42 Å². The highest BCUT2D eigenvalue weighted by Gasteiger charge is 2.64. The first kappa shape index (κ1) is 17.6. The molecule has 2 aromatic heterocycles. The summed E-state index contributed by atoms with van der Waals surface area (Å²) in [5.74, 6) is 2.15.